The van der Waals surface area contributed by atoms with Gasteiger partial charge in [0.05, 0.1) is 0 Å². The van der Waals surface area contributed by atoms with E-state index in [4.69, 9.17) is 0 Å². The van der Waals surface area contributed by atoms with Gasteiger partial charge in [0.2, 0.25) is 0 Å². The number of rotatable bonds is 1. The van der Waals surface area contributed by atoms with Crippen molar-refractivity contribution < 1.29 is 0 Å². The van der Waals surface area contributed by atoms with Gasteiger partial charge in [-0.2, -0.15) is 0 Å². The number of fused-ring (bicyclic) bond motifs is 1. The average Bonchev–Trinajstić information content (AvgIpc) is 2.72. The first-order chi connectivity index (χ1) is 8.65. The molecule has 3 aromatic rings. The Morgan fingerprint density at radius 2 is 2.11 bits per heavy atom. The number of nitrogens with one attached hydrogen (secondary N) is 1. The van der Waals surface area contributed by atoms with Crippen LogP contribution < -0.4 is 5.56 Å². The van der Waals surface area contributed by atoms with Crippen molar-refractivity contribution in [2.75, 3.05) is 0 Å². The molecule has 0 radical (unpaired) electrons. The summed E-state index contributed by atoms with van der Waals surface area (Å²) in [6.45, 7) is 3.75. The van der Waals surface area contributed by atoms with Crippen LogP contribution in [0.4, 0.5) is 0 Å². The Kier molecular flexibility index (Phi) is 2.26. The second-order valence-corrected chi connectivity index (χ2v) is 4.28. The molecule has 3 rings (SSSR count). The summed E-state index contributed by atoms with van der Waals surface area (Å²) in [6.07, 6.45) is 1.63. The Hall–Kier alpha value is -2.43. The lowest BCUT2D eigenvalue weighted by Gasteiger charge is -2.04. The van der Waals surface area contributed by atoms with Gasteiger partial charge < -0.3 is 4.98 Å². The monoisotopic (exact) mass is 240 g/mol. The van der Waals surface area contributed by atoms with Crippen LogP contribution in [0.1, 0.15) is 11.4 Å². The minimum absolute atomic E-state index is 0.170. The van der Waals surface area contributed by atoms with Crippen molar-refractivity contribution in [3.8, 4) is 5.69 Å². The lowest BCUT2D eigenvalue weighted by atomic mass is 10.2. The number of H-pyrrole nitrogens is 1. The molecule has 1 N–H and O–H groups in total. The molecule has 0 amide bonds. The zero-order valence-corrected chi connectivity index (χ0v) is 10.1. The Bertz CT molecular complexity index is 785. The van der Waals surface area contributed by atoms with Gasteiger partial charge in [0, 0.05) is 5.69 Å². The Morgan fingerprint density at radius 3 is 2.89 bits per heavy atom. The van der Waals surface area contributed by atoms with E-state index >= 15 is 0 Å². The van der Waals surface area contributed by atoms with Gasteiger partial charge in [-0.3, -0.25) is 9.36 Å². The molecule has 0 aliphatic carbocycles. The molecule has 18 heavy (non-hydrogen) atoms. The van der Waals surface area contributed by atoms with Crippen molar-refractivity contribution in [2.24, 2.45) is 0 Å². The van der Waals surface area contributed by atoms with Crippen LogP contribution in [0.2, 0.25) is 0 Å². The first-order valence-electron chi connectivity index (χ1n) is 5.66. The number of nitrogens with zero attached hydrogens (tertiary/aromatic N) is 3. The van der Waals surface area contributed by atoms with Crippen molar-refractivity contribution in [3.05, 3.63) is 52.3 Å². The maximum Gasteiger partial charge on any atom is 0.277 e. The summed E-state index contributed by atoms with van der Waals surface area (Å²) in [7, 11) is 0. The molecule has 2 aromatic heterocycles. The van der Waals surface area contributed by atoms with Crippen molar-refractivity contribution in [2.45, 2.75) is 13.8 Å². The molecule has 5 heteroatoms. The van der Waals surface area contributed by atoms with E-state index in [0.717, 1.165) is 11.3 Å². The molecule has 5 nitrogen and oxygen atoms in total. The zero-order valence-electron chi connectivity index (χ0n) is 10.1. The summed E-state index contributed by atoms with van der Waals surface area (Å²) >= 11 is 0. The zero-order chi connectivity index (χ0) is 12.7. The number of benzene rings is 1. The Balaban J connectivity index is 2.34. The lowest BCUT2D eigenvalue weighted by molar-refractivity contribution is 1.03. The van der Waals surface area contributed by atoms with E-state index in [2.05, 4.69) is 15.0 Å². The topological polar surface area (TPSA) is 63.6 Å². The van der Waals surface area contributed by atoms with E-state index in [-0.39, 0.29) is 5.56 Å². The van der Waals surface area contributed by atoms with Crippen LogP contribution in [0, 0.1) is 13.8 Å². The van der Waals surface area contributed by atoms with Crippen LogP contribution >= 0.6 is 0 Å². The number of hydrogen-bond donors (Lipinski definition) is 1. The van der Waals surface area contributed by atoms with E-state index in [1.54, 1.807) is 17.8 Å². The second kappa shape index (κ2) is 3.80. The van der Waals surface area contributed by atoms with Crippen molar-refractivity contribution in [3.63, 3.8) is 0 Å². The molecule has 0 unspecified atom stereocenters. The minimum Gasteiger partial charge on any atom is -0.309 e. The van der Waals surface area contributed by atoms with Gasteiger partial charge in [-0.15, -0.1) is 0 Å². The largest absolute Gasteiger partial charge is 0.309 e. The van der Waals surface area contributed by atoms with E-state index in [1.807, 2.05) is 31.2 Å². The van der Waals surface area contributed by atoms with Gasteiger partial charge in [-0.25, -0.2) is 9.97 Å². The van der Waals surface area contributed by atoms with Crippen LogP contribution in [-0.4, -0.2) is 19.5 Å². The minimum atomic E-state index is -0.170. The lowest BCUT2D eigenvalue weighted by Crippen LogP contribution is -2.12. The highest BCUT2D eigenvalue weighted by Crippen LogP contribution is 2.14. The predicted octanol–water partition coefficient (Wildman–Crippen LogP) is 1.73. The Morgan fingerprint density at radius 1 is 1.28 bits per heavy atom. The molecule has 0 aliphatic heterocycles. The summed E-state index contributed by atoms with van der Waals surface area (Å²) in [4.78, 5) is 23.1. The summed E-state index contributed by atoms with van der Waals surface area (Å²) in [5.74, 6) is 0.571. The predicted molar refractivity (Wildman–Crippen MR) is 69.0 cm³/mol. The normalized spacial score (nSPS) is 11.0. The highest BCUT2D eigenvalue weighted by Gasteiger charge is 2.10. The molecule has 0 aliphatic rings. The number of aromatic nitrogens is 4. The summed E-state index contributed by atoms with van der Waals surface area (Å²) < 4.78 is 1.76. The SMILES string of the molecule is Cc1cccc(-n2cnc3nc(C)[nH]c(=O)c32)c1. The van der Waals surface area contributed by atoms with Gasteiger partial charge in [-0.1, -0.05) is 12.1 Å². The number of imidazole rings is 1. The molecule has 0 saturated carbocycles. The Labute approximate surface area is 103 Å². The first kappa shape index (κ1) is 10.7. The summed E-state index contributed by atoms with van der Waals surface area (Å²) in [5, 5.41) is 0. The van der Waals surface area contributed by atoms with Gasteiger partial charge in [0.25, 0.3) is 5.56 Å². The molecular weight excluding hydrogens is 228 g/mol. The van der Waals surface area contributed by atoms with Gasteiger partial charge in [0.15, 0.2) is 11.2 Å². The van der Waals surface area contributed by atoms with Gasteiger partial charge in [0.1, 0.15) is 12.2 Å². The molecular formula is C13H12N4O. The fourth-order valence-electron chi connectivity index (χ4n) is 2.02. The molecule has 0 bridgehead atoms. The number of aromatic amines is 1. The number of aryl methyl sites for hydroxylation is 2. The first-order valence-corrected chi connectivity index (χ1v) is 5.66. The fraction of sp³-hybridized carbons (Fsp3) is 0.154. The van der Waals surface area contributed by atoms with Gasteiger partial charge >= 0.3 is 0 Å². The van der Waals surface area contributed by atoms with E-state index in [9.17, 15) is 4.79 Å². The maximum absolute atomic E-state index is 12.0. The van der Waals surface area contributed by atoms with Crippen molar-refractivity contribution in [1.29, 1.82) is 0 Å². The number of hydrogen-bond acceptors (Lipinski definition) is 3. The summed E-state index contributed by atoms with van der Waals surface area (Å²) in [6, 6.07) is 7.90. The van der Waals surface area contributed by atoms with Crippen LogP contribution in [0.25, 0.3) is 16.9 Å². The third-order valence-electron chi connectivity index (χ3n) is 2.81. The van der Waals surface area contributed by atoms with E-state index < -0.39 is 0 Å². The molecule has 90 valence electrons. The van der Waals surface area contributed by atoms with Crippen LogP contribution in [-0.2, 0) is 0 Å². The van der Waals surface area contributed by atoms with Gasteiger partial charge in [-0.05, 0) is 31.5 Å². The smallest absolute Gasteiger partial charge is 0.277 e. The molecule has 0 atom stereocenters. The van der Waals surface area contributed by atoms with E-state index in [0.29, 0.717) is 17.0 Å². The van der Waals surface area contributed by atoms with Crippen LogP contribution in [0.3, 0.4) is 0 Å². The highest BCUT2D eigenvalue weighted by atomic mass is 16.1. The molecule has 1 aromatic carbocycles. The standard InChI is InChI=1S/C13H12N4O/c1-8-4-3-5-10(6-8)17-7-14-12-11(17)13(18)16-9(2)15-12/h3-7H,1-2H3,(H,15,16,18). The highest BCUT2D eigenvalue weighted by molar-refractivity contribution is 5.72. The quantitative estimate of drug-likeness (QED) is 0.704. The van der Waals surface area contributed by atoms with Crippen molar-refractivity contribution in [1.82, 2.24) is 19.5 Å². The van der Waals surface area contributed by atoms with E-state index in [1.165, 1.54) is 0 Å². The molecule has 0 fully saturated rings. The fourth-order valence-corrected chi connectivity index (χ4v) is 2.02. The van der Waals surface area contributed by atoms with Crippen LogP contribution in [0.15, 0.2) is 35.4 Å². The maximum atomic E-state index is 12.0. The molecule has 0 saturated heterocycles. The second-order valence-electron chi connectivity index (χ2n) is 4.28. The third-order valence-corrected chi connectivity index (χ3v) is 2.81. The molecule has 2 heterocycles. The molecule has 0 spiro atoms. The third kappa shape index (κ3) is 1.60. The average molecular weight is 240 g/mol. The van der Waals surface area contributed by atoms with Crippen molar-refractivity contribution >= 4 is 11.2 Å². The summed E-state index contributed by atoms with van der Waals surface area (Å²) in [5.41, 5.74) is 2.82. The van der Waals surface area contributed by atoms with Crippen LogP contribution in [0.5, 0.6) is 0 Å².